The Kier molecular flexibility index (Phi) is 4.83. The number of carbonyl (C=O) groups is 1. The highest BCUT2D eigenvalue weighted by molar-refractivity contribution is 5.96. The molecule has 29 heavy (non-hydrogen) atoms. The Morgan fingerprint density at radius 3 is 2.48 bits per heavy atom. The molecule has 144 valence electrons. The van der Waals surface area contributed by atoms with E-state index in [1.165, 1.54) is 0 Å². The van der Waals surface area contributed by atoms with Gasteiger partial charge in [0.25, 0.3) is 0 Å². The number of imidazole rings is 1. The summed E-state index contributed by atoms with van der Waals surface area (Å²) in [6, 6.07) is 23.3. The Morgan fingerprint density at radius 1 is 1.00 bits per heavy atom. The number of nitrogen functional groups attached to an aromatic ring is 1. The molecular formula is C23H20N4O2. The average Bonchev–Trinajstić information content (AvgIpc) is 3.05. The van der Waals surface area contributed by atoms with Gasteiger partial charge in [-0.2, -0.15) is 0 Å². The number of aliphatic carboxylic acids is 1. The van der Waals surface area contributed by atoms with Crippen LogP contribution in [0, 0.1) is 5.41 Å². The third-order valence-electron chi connectivity index (χ3n) is 4.82. The van der Waals surface area contributed by atoms with Gasteiger partial charge < -0.3 is 15.4 Å². The molecule has 4 rings (SSSR count). The minimum absolute atomic E-state index is 0.0335. The van der Waals surface area contributed by atoms with E-state index in [0.29, 0.717) is 17.9 Å². The molecule has 1 heterocycles. The first kappa shape index (κ1) is 18.4. The summed E-state index contributed by atoms with van der Waals surface area (Å²) in [4.78, 5) is 15.8. The van der Waals surface area contributed by atoms with Crippen molar-refractivity contribution in [3.63, 3.8) is 0 Å². The Balaban J connectivity index is 1.73. The summed E-state index contributed by atoms with van der Waals surface area (Å²) < 4.78 is 1.95. The summed E-state index contributed by atoms with van der Waals surface area (Å²) in [5.74, 6) is -0.342. The van der Waals surface area contributed by atoms with E-state index in [2.05, 4.69) is 11.1 Å². The predicted octanol–water partition coefficient (Wildman–Crippen LogP) is 3.66. The maximum absolute atomic E-state index is 11.3. The minimum Gasteiger partial charge on any atom is -0.481 e. The van der Waals surface area contributed by atoms with Crippen molar-refractivity contribution in [2.75, 3.05) is 0 Å². The number of carboxylic acid groups (broad SMARTS) is 1. The molecule has 0 unspecified atom stereocenters. The lowest BCUT2D eigenvalue weighted by Gasteiger charge is -2.11. The monoisotopic (exact) mass is 384 g/mol. The lowest BCUT2D eigenvalue weighted by atomic mass is 10.0. The maximum atomic E-state index is 11.3. The number of amidine groups is 1. The van der Waals surface area contributed by atoms with Crippen molar-refractivity contribution >= 4 is 22.8 Å². The fraction of sp³-hybridized carbons (Fsp3) is 0.0870. The molecule has 0 amide bonds. The van der Waals surface area contributed by atoms with Crippen molar-refractivity contribution in [2.24, 2.45) is 5.73 Å². The summed E-state index contributed by atoms with van der Waals surface area (Å²) >= 11 is 0. The van der Waals surface area contributed by atoms with Crippen molar-refractivity contribution in [1.29, 1.82) is 5.41 Å². The number of nitrogens with zero attached hydrogens (tertiary/aromatic N) is 2. The average molecular weight is 384 g/mol. The van der Waals surface area contributed by atoms with Crippen LogP contribution < -0.4 is 5.73 Å². The van der Waals surface area contributed by atoms with Crippen LogP contribution in [0.25, 0.3) is 22.2 Å². The zero-order valence-electron chi connectivity index (χ0n) is 15.7. The number of benzene rings is 3. The van der Waals surface area contributed by atoms with Gasteiger partial charge in [-0.25, -0.2) is 4.98 Å². The second-order valence-electron chi connectivity index (χ2n) is 6.87. The first-order valence-electron chi connectivity index (χ1n) is 9.21. The van der Waals surface area contributed by atoms with Gasteiger partial charge in [0.15, 0.2) is 0 Å². The van der Waals surface area contributed by atoms with E-state index in [1.807, 2.05) is 71.3 Å². The zero-order chi connectivity index (χ0) is 20.4. The van der Waals surface area contributed by atoms with Gasteiger partial charge in [0.1, 0.15) is 18.1 Å². The number of rotatable bonds is 6. The molecule has 6 nitrogen and oxygen atoms in total. The van der Waals surface area contributed by atoms with E-state index in [-0.39, 0.29) is 12.3 Å². The fourth-order valence-electron chi connectivity index (χ4n) is 3.47. The number of nitrogens with one attached hydrogen (secondary N) is 1. The highest BCUT2D eigenvalue weighted by Crippen LogP contribution is 2.24. The maximum Gasteiger partial charge on any atom is 0.311 e. The smallest absolute Gasteiger partial charge is 0.311 e. The van der Waals surface area contributed by atoms with Gasteiger partial charge in [0.05, 0.1) is 11.0 Å². The Labute approximate surface area is 167 Å². The third-order valence-corrected chi connectivity index (χ3v) is 4.82. The number of carboxylic acids is 1. The van der Waals surface area contributed by atoms with Gasteiger partial charge >= 0.3 is 5.97 Å². The molecule has 4 aromatic rings. The molecule has 3 aromatic carbocycles. The first-order valence-corrected chi connectivity index (χ1v) is 9.21. The van der Waals surface area contributed by atoms with E-state index < -0.39 is 5.97 Å². The Bertz CT molecular complexity index is 1230. The van der Waals surface area contributed by atoms with Crippen molar-refractivity contribution < 1.29 is 9.90 Å². The number of fused-ring (bicyclic) bond motifs is 1. The largest absolute Gasteiger partial charge is 0.481 e. The quantitative estimate of drug-likeness (QED) is 0.348. The molecule has 0 saturated heterocycles. The second-order valence-corrected chi connectivity index (χ2v) is 6.87. The highest BCUT2D eigenvalue weighted by Gasteiger charge is 2.14. The van der Waals surface area contributed by atoms with Gasteiger partial charge in [0, 0.05) is 12.1 Å². The predicted molar refractivity (Wildman–Crippen MR) is 113 cm³/mol. The molecular weight excluding hydrogens is 364 g/mol. The number of para-hydroxylation sites is 2. The third kappa shape index (κ3) is 3.87. The first-order chi connectivity index (χ1) is 14.0. The van der Waals surface area contributed by atoms with Crippen molar-refractivity contribution in [3.05, 3.63) is 89.7 Å². The van der Waals surface area contributed by atoms with Gasteiger partial charge in [-0.1, -0.05) is 48.5 Å². The van der Waals surface area contributed by atoms with Crippen LogP contribution in [0.2, 0.25) is 0 Å². The molecule has 6 heteroatoms. The van der Waals surface area contributed by atoms with E-state index in [4.69, 9.17) is 11.1 Å². The lowest BCUT2D eigenvalue weighted by Crippen LogP contribution is -2.11. The Morgan fingerprint density at radius 2 is 1.72 bits per heavy atom. The number of hydrogen-bond acceptors (Lipinski definition) is 3. The molecule has 0 atom stereocenters. The van der Waals surface area contributed by atoms with Crippen LogP contribution in [0.1, 0.15) is 17.0 Å². The minimum atomic E-state index is -0.906. The molecule has 1 aromatic heterocycles. The highest BCUT2D eigenvalue weighted by atomic mass is 16.4. The van der Waals surface area contributed by atoms with E-state index in [1.54, 1.807) is 0 Å². The van der Waals surface area contributed by atoms with Crippen LogP contribution in [0.3, 0.4) is 0 Å². The van der Waals surface area contributed by atoms with Crippen LogP contribution in [-0.4, -0.2) is 26.5 Å². The normalized spacial score (nSPS) is 10.9. The molecule has 0 aliphatic carbocycles. The lowest BCUT2D eigenvalue weighted by molar-refractivity contribution is -0.136. The molecule has 0 saturated carbocycles. The van der Waals surface area contributed by atoms with Gasteiger partial charge in [0.2, 0.25) is 0 Å². The molecule has 0 bridgehead atoms. The van der Waals surface area contributed by atoms with E-state index >= 15 is 0 Å². The van der Waals surface area contributed by atoms with Crippen LogP contribution in [0.4, 0.5) is 0 Å². The van der Waals surface area contributed by atoms with E-state index in [9.17, 15) is 9.90 Å². The van der Waals surface area contributed by atoms with Crippen LogP contribution >= 0.6 is 0 Å². The fourth-order valence-corrected chi connectivity index (χ4v) is 3.47. The molecule has 0 aliphatic rings. The van der Waals surface area contributed by atoms with Gasteiger partial charge in [-0.3, -0.25) is 10.2 Å². The van der Waals surface area contributed by atoms with Gasteiger partial charge in [-0.15, -0.1) is 0 Å². The van der Waals surface area contributed by atoms with Crippen molar-refractivity contribution in [1.82, 2.24) is 9.55 Å². The summed E-state index contributed by atoms with van der Waals surface area (Å²) in [5.41, 5.74) is 11.0. The van der Waals surface area contributed by atoms with Crippen molar-refractivity contribution in [2.45, 2.75) is 13.0 Å². The number of hydrogen-bond donors (Lipinski definition) is 3. The SMILES string of the molecule is N=C(N)c1cccc(-c2cccc(Cn3c(CC(=O)O)nc4ccccc43)c2)c1. The summed E-state index contributed by atoms with van der Waals surface area (Å²) in [5, 5.41) is 16.9. The number of nitrogens with two attached hydrogens (primary N) is 1. The van der Waals surface area contributed by atoms with Crippen LogP contribution in [0.15, 0.2) is 72.8 Å². The summed E-state index contributed by atoms with van der Waals surface area (Å²) in [6.07, 6.45) is -0.130. The zero-order valence-corrected chi connectivity index (χ0v) is 15.7. The van der Waals surface area contributed by atoms with Crippen LogP contribution in [0.5, 0.6) is 0 Å². The van der Waals surface area contributed by atoms with E-state index in [0.717, 1.165) is 27.7 Å². The molecule has 0 fully saturated rings. The topological polar surface area (TPSA) is 105 Å². The summed E-state index contributed by atoms with van der Waals surface area (Å²) in [7, 11) is 0. The molecule has 0 spiro atoms. The Hall–Kier alpha value is -3.93. The summed E-state index contributed by atoms with van der Waals surface area (Å²) in [6.45, 7) is 0.517. The van der Waals surface area contributed by atoms with Gasteiger partial charge in [-0.05, 0) is 41.0 Å². The van der Waals surface area contributed by atoms with Crippen molar-refractivity contribution in [3.8, 4) is 11.1 Å². The molecule has 0 radical (unpaired) electrons. The number of aromatic nitrogens is 2. The van der Waals surface area contributed by atoms with Crippen LogP contribution in [-0.2, 0) is 17.8 Å². The molecule has 4 N–H and O–H groups in total. The second kappa shape index (κ2) is 7.59. The standard InChI is InChI=1S/C23H20N4O2/c24-23(25)18-8-4-7-17(12-18)16-6-3-5-15(11-16)14-27-20-10-2-1-9-19(20)26-21(27)13-22(28)29/h1-12H,13-14H2,(H3,24,25)(H,28,29). The molecule has 0 aliphatic heterocycles.